The molecule has 5 rings (SSSR count). The van der Waals surface area contributed by atoms with E-state index in [1.165, 1.54) is 27.3 Å². The van der Waals surface area contributed by atoms with E-state index in [1.54, 1.807) is 12.1 Å². The number of fused-ring (bicyclic) bond motifs is 1. The zero-order chi connectivity index (χ0) is 23.9. The number of hydrogen-bond donors (Lipinski definition) is 1. The van der Waals surface area contributed by atoms with Gasteiger partial charge in [-0.15, -0.1) is 5.10 Å². The molecule has 2 saturated heterocycles. The van der Waals surface area contributed by atoms with Gasteiger partial charge in [0.05, 0.1) is 18.5 Å². The Balaban J connectivity index is 1.35. The smallest absolute Gasteiger partial charge is 0.271 e. The van der Waals surface area contributed by atoms with Crippen LogP contribution in [0.15, 0.2) is 42.6 Å². The highest BCUT2D eigenvalue weighted by Crippen LogP contribution is 2.35. The lowest BCUT2D eigenvalue weighted by molar-refractivity contribution is 0.0916. The molecule has 2 fully saturated rings. The van der Waals surface area contributed by atoms with E-state index >= 15 is 0 Å². The maximum absolute atomic E-state index is 13.8. The van der Waals surface area contributed by atoms with Crippen molar-refractivity contribution in [3.63, 3.8) is 0 Å². The van der Waals surface area contributed by atoms with Gasteiger partial charge in [0.15, 0.2) is 11.3 Å². The van der Waals surface area contributed by atoms with Crippen LogP contribution in [-0.2, 0) is 10.0 Å². The van der Waals surface area contributed by atoms with E-state index in [0.29, 0.717) is 43.1 Å². The average molecular weight is 487 g/mol. The van der Waals surface area contributed by atoms with Crippen LogP contribution in [0, 0.1) is 5.82 Å². The summed E-state index contributed by atoms with van der Waals surface area (Å²) in [7, 11) is -3.22. The Hall–Kier alpha value is -3.05. The summed E-state index contributed by atoms with van der Waals surface area (Å²) >= 11 is 0. The zero-order valence-corrected chi connectivity index (χ0v) is 19.7. The third-order valence-corrected chi connectivity index (χ3v) is 7.92. The third kappa shape index (κ3) is 4.49. The Morgan fingerprint density at radius 1 is 1.12 bits per heavy atom. The highest BCUT2D eigenvalue weighted by molar-refractivity contribution is 7.88. The van der Waals surface area contributed by atoms with Crippen LogP contribution in [0.2, 0.25) is 0 Å². The molecule has 9 nitrogen and oxygen atoms in total. The van der Waals surface area contributed by atoms with Crippen LogP contribution in [0.4, 0.5) is 10.2 Å². The van der Waals surface area contributed by atoms with E-state index in [2.05, 4.69) is 15.2 Å². The van der Waals surface area contributed by atoms with E-state index in [4.69, 9.17) is 5.10 Å². The highest BCUT2D eigenvalue weighted by Gasteiger charge is 2.29. The van der Waals surface area contributed by atoms with Gasteiger partial charge in [-0.3, -0.25) is 4.79 Å². The molecule has 0 saturated carbocycles. The summed E-state index contributed by atoms with van der Waals surface area (Å²) < 4.78 is 40.2. The van der Waals surface area contributed by atoms with Gasteiger partial charge in [-0.2, -0.15) is 0 Å². The number of imidazole rings is 1. The molecule has 34 heavy (non-hydrogen) atoms. The Morgan fingerprint density at radius 2 is 1.91 bits per heavy atom. The second-order valence-electron chi connectivity index (χ2n) is 8.92. The fraction of sp³-hybridized carbons (Fsp3) is 0.435. The number of nitrogens with one attached hydrogen (secondary N) is 1. The molecule has 180 valence electrons. The molecule has 1 amide bonds. The van der Waals surface area contributed by atoms with Gasteiger partial charge in [-0.25, -0.2) is 26.6 Å². The van der Waals surface area contributed by atoms with Gasteiger partial charge in [0, 0.05) is 25.7 Å². The largest absolute Gasteiger partial charge is 0.348 e. The molecule has 0 aliphatic carbocycles. The van der Waals surface area contributed by atoms with Gasteiger partial charge >= 0.3 is 0 Å². The summed E-state index contributed by atoms with van der Waals surface area (Å²) in [5, 5.41) is 7.71. The maximum Gasteiger partial charge on any atom is 0.271 e. The fourth-order valence-corrected chi connectivity index (χ4v) is 5.74. The van der Waals surface area contributed by atoms with Crippen LogP contribution in [0.1, 0.15) is 47.8 Å². The van der Waals surface area contributed by atoms with E-state index in [1.807, 2.05) is 18.2 Å². The lowest BCUT2D eigenvalue weighted by Crippen LogP contribution is -2.46. The number of benzene rings is 1. The van der Waals surface area contributed by atoms with E-state index in [0.717, 1.165) is 24.9 Å². The summed E-state index contributed by atoms with van der Waals surface area (Å²) in [6, 6.07) is 10.2. The Morgan fingerprint density at radius 3 is 2.65 bits per heavy atom. The third-order valence-electron chi connectivity index (χ3n) is 6.62. The molecule has 0 spiro atoms. The average Bonchev–Trinajstić information content (AvgIpc) is 3.46. The predicted octanol–water partition coefficient (Wildman–Crippen LogP) is 2.36. The summed E-state index contributed by atoms with van der Waals surface area (Å²) in [6.07, 6.45) is 5.67. The fourth-order valence-electron chi connectivity index (χ4n) is 4.86. The van der Waals surface area contributed by atoms with Crippen LogP contribution in [0.25, 0.3) is 5.65 Å². The van der Waals surface area contributed by atoms with Gasteiger partial charge in [0.1, 0.15) is 11.6 Å². The minimum absolute atomic E-state index is 0.0153. The van der Waals surface area contributed by atoms with Crippen LogP contribution < -0.4 is 10.2 Å². The minimum Gasteiger partial charge on any atom is -0.348 e. The SMILES string of the molecule is CS(=O)(=O)N1CCC(NC(=O)c2cnc3ccc(N4CCC[C@@H]4c4cccc(F)c4)nn23)CC1. The maximum atomic E-state index is 13.8. The van der Waals surface area contributed by atoms with Crippen molar-refractivity contribution in [2.75, 3.05) is 30.8 Å². The Kier molecular flexibility index (Phi) is 5.98. The number of nitrogens with zero attached hydrogens (tertiary/aromatic N) is 5. The Bertz CT molecular complexity index is 1320. The standard InChI is InChI=1S/C23H27FN6O3S/c1-34(32,33)28-12-9-18(10-13-28)26-23(31)20-15-25-21-7-8-22(27-30(20)21)29-11-3-6-19(29)16-4-2-5-17(24)14-16/h2,4-5,7-8,14-15,18-19H,3,6,9-13H2,1H3,(H,26,31)/t19-/m1/s1. The predicted molar refractivity (Wildman–Crippen MR) is 126 cm³/mol. The Labute approximate surface area is 197 Å². The topological polar surface area (TPSA) is 99.9 Å². The summed E-state index contributed by atoms with van der Waals surface area (Å²) in [4.78, 5) is 19.5. The number of aromatic nitrogens is 3. The van der Waals surface area contributed by atoms with Crippen molar-refractivity contribution in [3.8, 4) is 0 Å². The number of anilines is 1. The zero-order valence-electron chi connectivity index (χ0n) is 18.9. The van der Waals surface area contributed by atoms with Crippen LogP contribution in [0.5, 0.6) is 0 Å². The number of amides is 1. The van der Waals surface area contributed by atoms with Crippen molar-refractivity contribution in [3.05, 3.63) is 59.7 Å². The molecule has 1 aromatic carbocycles. The van der Waals surface area contributed by atoms with Gasteiger partial charge in [-0.05, 0) is 55.5 Å². The number of sulfonamides is 1. The number of halogens is 1. The number of hydrogen-bond acceptors (Lipinski definition) is 6. The molecule has 2 aliphatic heterocycles. The first kappa shape index (κ1) is 22.7. The van der Waals surface area contributed by atoms with Gasteiger partial charge in [-0.1, -0.05) is 12.1 Å². The lowest BCUT2D eigenvalue weighted by Gasteiger charge is -2.30. The van der Waals surface area contributed by atoms with Crippen molar-refractivity contribution < 1.29 is 17.6 Å². The normalized spacial score (nSPS) is 20.2. The van der Waals surface area contributed by atoms with Gasteiger partial charge in [0.25, 0.3) is 5.91 Å². The van der Waals surface area contributed by atoms with Crippen molar-refractivity contribution in [2.24, 2.45) is 0 Å². The van der Waals surface area contributed by atoms with Crippen molar-refractivity contribution in [2.45, 2.75) is 37.8 Å². The molecule has 2 aliphatic rings. The molecule has 11 heteroatoms. The van der Waals surface area contributed by atoms with Crippen molar-refractivity contribution >= 4 is 27.4 Å². The second kappa shape index (κ2) is 8.95. The van der Waals surface area contributed by atoms with Crippen molar-refractivity contribution in [1.29, 1.82) is 0 Å². The minimum atomic E-state index is -3.22. The first-order valence-corrected chi connectivity index (χ1v) is 13.3. The molecule has 1 N–H and O–H groups in total. The van der Waals surface area contributed by atoms with Crippen LogP contribution in [0.3, 0.4) is 0 Å². The van der Waals surface area contributed by atoms with Crippen LogP contribution in [-0.4, -0.2) is 65.2 Å². The van der Waals surface area contributed by atoms with Gasteiger partial charge < -0.3 is 10.2 Å². The number of carbonyl (C=O) groups excluding carboxylic acids is 1. The van der Waals surface area contributed by atoms with E-state index in [-0.39, 0.29) is 23.8 Å². The number of piperidine rings is 1. The number of rotatable bonds is 5. The highest BCUT2D eigenvalue weighted by atomic mass is 32.2. The quantitative estimate of drug-likeness (QED) is 0.594. The van der Waals surface area contributed by atoms with E-state index < -0.39 is 10.0 Å². The van der Waals surface area contributed by atoms with E-state index in [9.17, 15) is 17.6 Å². The first-order valence-electron chi connectivity index (χ1n) is 11.4. The first-order chi connectivity index (χ1) is 16.3. The molecule has 2 aromatic heterocycles. The molecule has 3 aromatic rings. The number of carbonyl (C=O) groups is 1. The molecular formula is C23H27FN6O3S. The summed E-state index contributed by atoms with van der Waals surface area (Å²) in [5.74, 6) is 0.148. The monoisotopic (exact) mass is 486 g/mol. The molecule has 0 radical (unpaired) electrons. The van der Waals surface area contributed by atoms with Crippen molar-refractivity contribution in [1.82, 2.24) is 24.2 Å². The molecule has 4 heterocycles. The molecule has 0 bridgehead atoms. The van der Waals surface area contributed by atoms with Gasteiger partial charge in [0.2, 0.25) is 10.0 Å². The van der Waals surface area contributed by atoms with Crippen LogP contribution >= 0.6 is 0 Å². The lowest BCUT2D eigenvalue weighted by atomic mass is 10.0. The molecule has 0 unspecified atom stereocenters. The summed E-state index contributed by atoms with van der Waals surface area (Å²) in [5.41, 5.74) is 1.79. The molecular weight excluding hydrogens is 459 g/mol. The second-order valence-corrected chi connectivity index (χ2v) is 10.9. The summed E-state index contributed by atoms with van der Waals surface area (Å²) in [6.45, 7) is 1.56. The molecule has 1 atom stereocenters.